The first-order valence-corrected chi connectivity index (χ1v) is 12.3. The van der Waals surface area contributed by atoms with Crippen molar-refractivity contribution in [2.24, 2.45) is 0 Å². The predicted molar refractivity (Wildman–Crippen MR) is 128 cm³/mol. The average molecular weight is 485 g/mol. The van der Waals surface area contributed by atoms with Crippen LogP contribution in [0.5, 0.6) is 0 Å². The Morgan fingerprint density at radius 2 is 1.80 bits per heavy atom. The van der Waals surface area contributed by atoms with Gasteiger partial charge in [-0.1, -0.05) is 18.6 Å². The van der Waals surface area contributed by atoms with E-state index in [1.165, 1.54) is 37.5 Å². The Morgan fingerprint density at radius 1 is 1.06 bits per heavy atom. The Morgan fingerprint density at radius 3 is 2.54 bits per heavy atom. The normalized spacial score (nSPS) is 17.4. The highest BCUT2D eigenvalue weighted by Gasteiger charge is 2.27. The molecule has 1 saturated heterocycles. The molecule has 0 bridgehead atoms. The summed E-state index contributed by atoms with van der Waals surface area (Å²) in [6.45, 7) is 6.48. The van der Waals surface area contributed by atoms with Gasteiger partial charge in [0.15, 0.2) is 5.69 Å². The SMILES string of the molecule is CC(NC(=O)c1cc2n(n1)CCCN(Cc1ccc(F)cc1)C2=O)C(=O)NCCN1CCCCC1. The number of fused-ring (bicyclic) bond motifs is 1. The first kappa shape index (κ1) is 24.8. The third-order valence-electron chi connectivity index (χ3n) is 6.52. The number of carbonyl (C=O) groups excluding carboxylic acids is 3. The fraction of sp³-hybridized carbons (Fsp3) is 0.520. The Balaban J connectivity index is 1.32. The highest BCUT2D eigenvalue weighted by Crippen LogP contribution is 2.17. The Kier molecular flexibility index (Phi) is 8.12. The lowest BCUT2D eigenvalue weighted by Gasteiger charge is -2.26. The van der Waals surface area contributed by atoms with E-state index in [-0.39, 0.29) is 23.3 Å². The Hall–Kier alpha value is -3.27. The number of amides is 3. The molecule has 1 unspecified atom stereocenters. The summed E-state index contributed by atoms with van der Waals surface area (Å²) in [6, 6.07) is 6.80. The first-order valence-electron chi connectivity index (χ1n) is 12.3. The van der Waals surface area contributed by atoms with Crippen molar-refractivity contribution in [2.75, 3.05) is 32.7 Å². The molecule has 3 heterocycles. The molecule has 3 amide bonds. The minimum Gasteiger partial charge on any atom is -0.353 e. The quantitative estimate of drug-likeness (QED) is 0.595. The van der Waals surface area contributed by atoms with Crippen LogP contribution < -0.4 is 10.6 Å². The summed E-state index contributed by atoms with van der Waals surface area (Å²) >= 11 is 0. The molecule has 0 aliphatic carbocycles. The maximum absolute atomic E-state index is 13.2. The van der Waals surface area contributed by atoms with E-state index in [0.717, 1.165) is 25.2 Å². The van der Waals surface area contributed by atoms with E-state index in [0.29, 0.717) is 38.3 Å². The van der Waals surface area contributed by atoms with Crippen LogP contribution in [0, 0.1) is 5.82 Å². The molecular weight excluding hydrogens is 451 g/mol. The molecule has 2 aliphatic heterocycles. The van der Waals surface area contributed by atoms with Gasteiger partial charge in [-0.2, -0.15) is 5.10 Å². The number of hydrogen-bond donors (Lipinski definition) is 2. The maximum Gasteiger partial charge on any atom is 0.272 e. The van der Waals surface area contributed by atoms with Gasteiger partial charge in [-0.3, -0.25) is 19.1 Å². The molecule has 2 aliphatic rings. The fourth-order valence-electron chi connectivity index (χ4n) is 4.52. The van der Waals surface area contributed by atoms with Crippen LogP contribution >= 0.6 is 0 Å². The summed E-state index contributed by atoms with van der Waals surface area (Å²) in [5, 5.41) is 9.88. The topological polar surface area (TPSA) is 99.6 Å². The summed E-state index contributed by atoms with van der Waals surface area (Å²) < 4.78 is 14.8. The number of benzene rings is 1. The van der Waals surface area contributed by atoms with Crippen molar-refractivity contribution in [1.82, 2.24) is 30.2 Å². The molecule has 1 atom stereocenters. The second kappa shape index (κ2) is 11.4. The number of carbonyl (C=O) groups is 3. The van der Waals surface area contributed by atoms with E-state index in [1.807, 2.05) is 0 Å². The van der Waals surface area contributed by atoms with Gasteiger partial charge in [-0.15, -0.1) is 0 Å². The van der Waals surface area contributed by atoms with E-state index in [1.54, 1.807) is 28.6 Å². The van der Waals surface area contributed by atoms with Gasteiger partial charge in [-0.25, -0.2) is 4.39 Å². The van der Waals surface area contributed by atoms with Gasteiger partial charge < -0.3 is 20.4 Å². The first-order chi connectivity index (χ1) is 16.9. The number of piperidine rings is 1. The number of hydrogen-bond acceptors (Lipinski definition) is 5. The zero-order chi connectivity index (χ0) is 24.8. The molecule has 9 nitrogen and oxygen atoms in total. The molecule has 0 spiro atoms. The lowest BCUT2D eigenvalue weighted by atomic mass is 10.1. The highest BCUT2D eigenvalue weighted by atomic mass is 19.1. The summed E-state index contributed by atoms with van der Waals surface area (Å²) in [5.74, 6) is -1.31. The van der Waals surface area contributed by atoms with E-state index >= 15 is 0 Å². The lowest BCUT2D eigenvalue weighted by molar-refractivity contribution is -0.122. The maximum atomic E-state index is 13.2. The number of likely N-dealkylation sites (tertiary alicyclic amines) is 1. The van der Waals surface area contributed by atoms with Crippen molar-refractivity contribution in [1.29, 1.82) is 0 Å². The molecule has 0 saturated carbocycles. The second-order valence-corrected chi connectivity index (χ2v) is 9.23. The Labute approximate surface area is 204 Å². The molecule has 2 aromatic rings. The monoisotopic (exact) mass is 484 g/mol. The molecule has 10 heteroatoms. The molecule has 1 aromatic carbocycles. The second-order valence-electron chi connectivity index (χ2n) is 9.23. The van der Waals surface area contributed by atoms with Crippen LogP contribution in [0.2, 0.25) is 0 Å². The number of halogens is 1. The molecule has 188 valence electrons. The molecule has 1 aromatic heterocycles. The van der Waals surface area contributed by atoms with Gasteiger partial charge in [0.25, 0.3) is 11.8 Å². The standard InChI is InChI=1S/C25H33FN6O3/c1-18(23(33)27-10-15-30-11-3-2-4-12-30)28-24(34)21-16-22-25(35)31(13-5-14-32(22)29-21)17-19-6-8-20(26)9-7-19/h6-9,16,18H,2-5,10-15,17H2,1H3,(H,27,33)(H,28,34). The number of aryl methyl sites for hydroxylation is 1. The summed E-state index contributed by atoms with van der Waals surface area (Å²) in [7, 11) is 0. The van der Waals surface area contributed by atoms with Crippen molar-refractivity contribution in [3.05, 3.63) is 53.1 Å². The van der Waals surface area contributed by atoms with Crippen molar-refractivity contribution >= 4 is 17.7 Å². The molecule has 2 N–H and O–H groups in total. The average Bonchev–Trinajstić information content (AvgIpc) is 3.23. The van der Waals surface area contributed by atoms with Crippen LogP contribution in [-0.4, -0.2) is 76.1 Å². The zero-order valence-corrected chi connectivity index (χ0v) is 20.1. The van der Waals surface area contributed by atoms with Crippen LogP contribution in [0.4, 0.5) is 4.39 Å². The summed E-state index contributed by atoms with van der Waals surface area (Å²) in [6.07, 6.45) is 4.34. The zero-order valence-electron chi connectivity index (χ0n) is 20.1. The lowest BCUT2D eigenvalue weighted by Crippen LogP contribution is -2.47. The van der Waals surface area contributed by atoms with Crippen molar-refractivity contribution in [3.8, 4) is 0 Å². The van der Waals surface area contributed by atoms with Gasteiger partial charge in [0.05, 0.1) is 0 Å². The summed E-state index contributed by atoms with van der Waals surface area (Å²) in [5.41, 5.74) is 1.25. The number of nitrogens with zero attached hydrogens (tertiary/aromatic N) is 4. The fourth-order valence-corrected chi connectivity index (χ4v) is 4.52. The molecule has 1 fully saturated rings. The summed E-state index contributed by atoms with van der Waals surface area (Å²) in [4.78, 5) is 42.3. The minimum absolute atomic E-state index is 0.102. The number of rotatable bonds is 8. The van der Waals surface area contributed by atoms with Crippen molar-refractivity contribution in [2.45, 2.75) is 51.7 Å². The van der Waals surface area contributed by atoms with E-state index in [4.69, 9.17) is 0 Å². The largest absolute Gasteiger partial charge is 0.353 e. The third-order valence-corrected chi connectivity index (χ3v) is 6.52. The minimum atomic E-state index is -0.726. The molecule has 35 heavy (non-hydrogen) atoms. The smallest absolute Gasteiger partial charge is 0.272 e. The number of aromatic nitrogens is 2. The van der Waals surface area contributed by atoms with Crippen LogP contribution in [-0.2, 0) is 17.9 Å². The van der Waals surface area contributed by atoms with Crippen molar-refractivity contribution in [3.63, 3.8) is 0 Å². The highest BCUT2D eigenvalue weighted by molar-refractivity contribution is 5.99. The van der Waals surface area contributed by atoms with E-state index in [9.17, 15) is 18.8 Å². The van der Waals surface area contributed by atoms with Gasteiger partial charge in [-0.05, 0) is 57.0 Å². The van der Waals surface area contributed by atoms with E-state index < -0.39 is 11.9 Å². The number of nitrogens with one attached hydrogen (secondary N) is 2. The third kappa shape index (κ3) is 6.45. The van der Waals surface area contributed by atoms with Crippen LogP contribution in [0.15, 0.2) is 30.3 Å². The van der Waals surface area contributed by atoms with Crippen molar-refractivity contribution < 1.29 is 18.8 Å². The van der Waals surface area contributed by atoms with Gasteiger partial charge >= 0.3 is 0 Å². The predicted octanol–water partition coefficient (Wildman–Crippen LogP) is 1.79. The molecular formula is C25H33FN6O3. The van der Waals surface area contributed by atoms with Crippen LogP contribution in [0.1, 0.15) is 59.1 Å². The Bertz CT molecular complexity index is 1050. The van der Waals surface area contributed by atoms with E-state index in [2.05, 4.69) is 20.6 Å². The van der Waals surface area contributed by atoms with Crippen LogP contribution in [0.3, 0.4) is 0 Å². The van der Waals surface area contributed by atoms with Crippen LogP contribution in [0.25, 0.3) is 0 Å². The van der Waals surface area contributed by atoms with Gasteiger partial charge in [0.1, 0.15) is 17.6 Å². The van der Waals surface area contributed by atoms with Gasteiger partial charge in [0, 0.05) is 38.8 Å². The van der Waals surface area contributed by atoms with Gasteiger partial charge in [0.2, 0.25) is 5.91 Å². The molecule has 4 rings (SSSR count). The molecule has 0 radical (unpaired) electrons.